The van der Waals surface area contributed by atoms with Crippen molar-refractivity contribution in [2.45, 2.75) is 11.9 Å². The van der Waals surface area contributed by atoms with Crippen LogP contribution in [0.25, 0.3) is 17.1 Å². The van der Waals surface area contributed by atoms with Crippen LogP contribution in [0.2, 0.25) is 0 Å². The second-order valence-electron chi connectivity index (χ2n) is 5.60. The highest BCUT2D eigenvalue weighted by atomic mass is 32.2. The molecule has 128 valence electrons. The predicted octanol–water partition coefficient (Wildman–Crippen LogP) is 2.14. The van der Waals surface area contributed by atoms with Crippen LogP contribution in [0, 0.1) is 6.92 Å². The molecule has 0 unspecified atom stereocenters. The molecule has 0 spiro atoms. The summed E-state index contributed by atoms with van der Waals surface area (Å²) in [6.45, 7) is 1.76. The monoisotopic (exact) mass is 354 g/mol. The van der Waals surface area contributed by atoms with E-state index in [4.69, 9.17) is 0 Å². The Bertz CT molecular complexity index is 1070. The molecule has 25 heavy (non-hydrogen) atoms. The van der Waals surface area contributed by atoms with Crippen molar-refractivity contribution < 1.29 is 0 Å². The fourth-order valence-electron chi connectivity index (χ4n) is 2.51. The molecule has 3 aromatic rings. The molecule has 0 bridgehead atoms. The van der Waals surface area contributed by atoms with E-state index in [9.17, 15) is 9.59 Å². The largest absolute Gasteiger partial charge is 0.332 e. The zero-order valence-corrected chi connectivity index (χ0v) is 15.1. The molecule has 1 aromatic carbocycles. The summed E-state index contributed by atoms with van der Waals surface area (Å²) in [7, 11) is 3.08. The maximum absolute atomic E-state index is 12.5. The third-order valence-electron chi connectivity index (χ3n) is 3.80. The average Bonchev–Trinajstić information content (AvgIpc) is 2.62. The van der Waals surface area contributed by atoms with Gasteiger partial charge < -0.3 is 0 Å². The minimum Gasteiger partial charge on any atom is -0.280 e. The first kappa shape index (κ1) is 17.2. The SMILES string of the molecule is Cc1nc(SC/C=C/c2ccccc2)c2c(=O)n(C)c(=O)n(C)c2n1. The Labute approximate surface area is 148 Å². The van der Waals surface area contributed by atoms with Gasteiger partial charge in [-0.3, -0.25) is 13.9 Å². The summed E-state index contributed by atoms with van der Waals surface area (Å²) >= 11 is 1.45. The predicted molar refractivity (Wildman–Crippen MR) is 101 cm³/mol. The summed E-state index contributed by atoms with van der Waals surface area (Å²) in [5, 5.41) is 0.977. The molecule has 0 radical (unpaired) electrons. The van der Waals surface area contributed by atoms with E-state index in [1.54, 1.807) is 14.0 Å². The standard InChI is InChI=1S/C18H18N4O2S/c1-12-19-15-14(17(23)22(3)18(24)21(15)2)16(20-12)25-11-7-10-13-8-5-4-6-9-13/h4-10H,11H2,1-3H3/b10-7+. The Morgan fingerprint density at radius 2 is 1.80 bits per heavy atom. The number of aryl methyl sites for hydroxylation is 2. The molecule has 6 nitrogen and oxygen atoms in total. The summed E-state index contributed by atoms with van der Waals surface area (Å²) < 4.78 is 2.47. The van der Waals surface area contributed by atoms with Crippen LogP contribution < -0.4 is 11.2 Å². The van der Waals surface area contributed by atoms with Gasteiger partial charge in [0, 0.05) is 19.8 Å². The van der Waals surface area contributed by atoms with Crippen LogP contribution in [0.1, 0.15) is 11.4 Å². The Kier molecular flexibility index (Phi) is 4.85. The zero-order chi connectivity index (χ0) is 18.0. The first-order valence-corrected chi connectivity index (χ1v) is 8.76. The molecule has 3 rings (SSSR count). The summed E-state index contributed by atoms with van der Waals surface area (Å²) in [5.41, 5.74) is 0.725. The highest BCUT2D eigenvalue weighted by Gasteiger charge is 2.15. The van der Waals surface area contributed by atoms with Gasteiger partial charge in [0.15, 0.2) is 5.65 Å². The topological polar surface area (TPSA) is 69.8 Å². The van der Waals surface area contributed by atoms with Gasteiger partial charge in [-0.05, 0) is 12.5 Å². The Morgan fingerprint density at radius 3 is 2.52 bits per heavy atom. The van der Waals surface area contributed by atoms with E-state index >= 15 is 0 Å². The lowest BCUT2D eigenvalue weighted by Gasteiger charge is -2.10. The molecule has 0 N–H and O–H groups in total. The van der Waals surface area contributed by atoms with Crippen molar-refractivity contribution in [1.29, 1.82) is 0 Å². The van der Waals surface area contributed by atoms with Crippen molar-refractivity contribution >= 4 is 28.9 Å². The Morgan fingerprint density at radius 1 is 1.08 bits per heavy atom. The number of thioether (sulfide) groups is 1. The highest BCUT2D eigenvalue weighted by molar-refractivity contribution is 7.99. The van der Waals surface area contributed by atoms with E-state index in [2.05, 4.69) is 9.97 Å². The molecule has 0 amide bonds. The first-order chi connectivity index (χ1) is 12.0. The molecule has 0 fully saturated rings. The lowest BCUT2D eigenvalue weighted by molar-refractivity contribution is 0.701. The van der Waals surface area contributed by atoms with Gasteiger partial charge in [0.2, 0.25) is 0 Å². The van der Waals surface area contributed by atoms with Gasteiger partial charge in [-0.15, -0.1) is 11.8 Å². The first-order valence-electron chi connectivity index (χ1n) is 7.78. The zero-order valence-electron chi connectivity index (χ0n) is 14.3. The normalized spacial score (nSPS) is 11.5. The Hall–Kier alpha value is -2.67. The minimum absolute atomic E-state index is 0.368. The number of hydrogen-bond donors (Lipinski definition) is 0. The van der Waals surface area contributed by atoms with E-state index in [-0.39, 0.29) is 5.56 Å². The lowest BCUT2D eigenvalue weighted by atomic mass is 10.2. The van der Waals surface area contributed by atoms with Gasteiger partial charge in [-0.25, -0.2) is 14.8 Å². The van der Waals surface area contributed by atoms with E-state index in [1.807, 2.05) is 42.5 Å². The Balaban J connectivity index is 1.98. The molecule has 0 aliphatic rings. The number of nitrogens with zero attached hydrogens (tertiary/aromatic N) is 4. The quantitative estimate of drug-likeness (QED) is 0.530. The second kappa shape index (κ2) is 7.06. The van der Waals surface area contributed by atoms with Crippen molar-refractivity contribution in [3.63, 3.8) is 0 Å². The van der Waals surface area contributed by atoms with Gasteiger partial charge in [0.05, 0.1) is 0 Å². The van der Waals surface area contributed by atoms with Gasteiger partial charge in [0.1, 0.15) is 16.2 Å². The van der Waals surface area contributed by atoms with E-state index < -0.39 is 5.69 Å². The number of benzene rings is 1. The summed E-state index contributed by atoms with van der Waals surface area (Å²) in [4.78, 5) is 33.3. The van der Waals surface area contributed by atoms with Crippen molar-refractivity contribution in [2.75, 3.05) is 5.75 Å². The van der Waals surface area contributed by atoms with Crippen LogP contribution in [0.3, 0.4) is 0 Å². The third kappa shape index (κ3) is 3.41. The van der Waals surface area contributed by atoms with Gasteiger partial charge in [-0.2, -0.15) is 0 Å². The second-order valence-corrected chi connectivity index (χ2v) is 6.61. The number of rotatable bonds is 4. The number of fused-ring (bicyclic) bond motifs is 1. The van der Waals surface area contributed by atoms with Gasteiger partial charge >= 0.3 is 5.69 Å². The molecule has 7 heteroatoms. The lowest BCUT2D eigenvalue weighted by Crippen LogP contribution is -2.37. The molecule has 2 heterocycles. The molecule has 0 aliphatic carbocycles. The molecule has 0 atom stereocenters. The summed E-state index contributed by atoms with van der Waals surface area (Å²) in [5.74, 6) is 1.19. The fraction of sp³-hybridized carbons (Fsp3) is 0.222. The molecular weight excluding hydrogens is 336 g/mol. The van der Waals surface area contributed by atoms with Crippen LogP contribution in [0.15, 0.2) is 51.0 Å². The minimum atomic E-state index is -0.393. The van der Waals surface area contributed by atoms with E-state index in [0.717, 1.165) is 10.1 Å². The highest BCUT2D eigenvalue weighted by Crippen LogP contribution is 2.22. The van der Waals surface area contributed by atoms with Crippen molar-refractivity contribution in [3.05, 3.63) is 68.6 Å². The average molecular weight is 354 g/mol. The molecule has 2 aromatic heterocycles. The fourth-order valence-corrected chi connectivity index (χ4v) is 3.38. The third-order valence-corrected chi connectivity index (χ3v) is 4.73. The summed E-state index contributed by atoms with van der Waals surface area (Å²) in [6, 6.07) is 9.99. The van der Waals surface area contributed by atoms with Crippen molar-refractivity contribution in [3.8, 4) is 0 Å². The van der Waals surface area contributed by atoms with E-state index in [0.29, 0.717) is 27.6 Å². The van der Waals surface area contributed by atoms with Crippen LogP contribution in [-0.2, 0) is 14.1 Å². The molecular formula is C18H18N4O2S. The van der Waals surface area contributed by atoms with E-state index in [1.165, 1.54) is 23.4 Å². The van der Waals surface area contributed by atoms with Crippen LogP contribution in [0.5, 0.6) is 0 Å². The number of hydrogen-bond acceptors (Lipinski definition) is 5. The number of aromatic nitrogens is 4. The van der Waals surface area contributed by atoms with Crippen LogP contribution >= 0.6 is 11.8 Å². The van der Waals surface area contributed by atoms with Crippen molar-refractivity contribution in [1.82, 2.24) is 19.1 Å². The van der Waals surface area contributed by atoms with Crippen LogP contribution in [-0.4, -0.2) is 24.9 Å². The van der Waals surface area contributed by atoms with Crippen LogP contribution in [0.4, 0.5) is 0 Å². The molecule has 0 aliphatic heterocycles. The van der Waals surface area contributed by atoms with Crippen molar-refractivity contribution in [2.24, 2.45) is 14.1 Å². The van der Waals surface area contributed by atoms with Gasteiger partial charge in [0.25, 0.3) is 5.56 Å². The van der Waals surface area contributed by atoms with Gasteiger partial charge in [-0.1, -0.05) is 42.5 Å². The maximum Gasteiger partial charge on any atom is 0.332 e. The smallest absolute Gasteiger partial charge is 0.280 e. The summed E-state index contributed by atoms with van der Waals surface area (Å²) in [6.07, 6.45) is 4.05. The molecule has 0 saturated carbocycles. The molecule has 0 saturated heterocycles. The maximum atomic E-state index is 12.5.